The summed E-state index contributed by atoms with van der Waals surface area (Å²) >= 11 is 6.55. The number of nitrogens with zero attached hydrogens (tertiary/aromatic N) is 3. The van der Waals surface area contributed by atoms with E-state index in [1.807, 2.05) is 25.2 Å². The molecule has 5 rings (SSSR count). The molecule has 0 saturated carbocycles. The first-order chi connectivity index (χ1) is 13.1. The van der Waals surface area contributed by atoms with Crippen LogP contribution in [0.25, 0.3) is 11.3 Å². The number of nitrogens with one attached hydrogen (secondary N) is 1. The Labute approximate surface area is 159 Å². The van der Waals surface area contributed by atoms with Crippen molar-refractivity contribution in [1.29, 1.82) is 0 Å². The molecule has 7 nitrogen and oxygen atoms in total. The van der Waals surface area contributed by atoms with Crippen LogP contribution >= 0.6 is 11.6 Å². The Balaban J connectivity index is 1.72. The third-order valence-corrected chi connectivity index (χ3v) is 5.21. The van der Waals surface area contributed by atoms with E-state index in [9.17, 15) is 4.79 Å². The summed E-state index contributed by atoms with van der Waals surface area (Å²) in [5.74, 6) is 1.59. The minimum atomic E-state index is -0.250. The highest BCUT2D eigenvalue weighted by Gasteiger charge is 2.35. The van der Waals surface area contributed by atoms with E-state index in [0.29, 0.717) is 22.3 Å². The molecule has 0 spiro atoms. The zero-order valence-electron chi connectivity index (χ0n) is 14.4. The second-order valence-electron chi connectivity index (χ2n) is 6.51. The van der Waals surface area contributed by atoms with E-state index in [0.717, 1.165) is 22.4 Å². The number of fused-ring (bicyclic) bond motifs is 2. The lowest BCUT2D eigenvalue weighted by Crippen LogP contribution is -2.24. The van der Waals surface area contributed by atoms with Gasteiger partial charge in [-0.05, 0) is 23.8 Å². The Morgan fingerprint density at radius 1 is 1.30 bits per heavy atom. The SMILES string of the molecule is Cn1nc(-c2cccnc2)c2c1NC(=O)CC2c1cc2c(cc1Cl)OCO2. The van der Waals surface area contributed by atoms with Gasteiger partial charge >= 0.3 is 0 Å². The number of aryl methyl sites for hydroxylation is 1. The minimum Gasteiger partial charge on any atom is -0.454 e. The summed E-state index contributed by atoms with van der Waals surface area (Å²) in [5.41, 5.74) is 3.40. The van der Waals surface area contributed by atoms with Gasteiger partial charge in [0.05, 0.1) is 5.69 Å². The number of hydrogen-bond donors (Lipinski definition) is 1. The highest BCUT2D eigenvalue weighted by atomic mass is 35.5. The number of benzene rings is 1. The molecule has 2 aliphatic heterocycles. The van der Waals surface area contributed by atoms with Crippen LogP contribution in [0.2, 0.25) is 5.02 Å². The Kier molecular flexibility index (Phi) is 3.58. The number of carbonyl (C=O) groups is 1. The van der Waals surface area contributed by atoms with Gasteiger partial charge in [-0.1, -0.05) is 11.6 Å². The molecule has 8 heteroatoms. The Morgan fingerprint density at radius 2 is 2.11 bits per heavy atom. The molecule has 1 unspecified atom stereocenters. The predicted molar refractivity (Wildman–Crippen MR) is 99.1 cm³/mol. The number of aromatic nitrogens is 3. The molecule has 0 saturated heterocycles. The Morgan fingerprint density at radius 3 is 2.89 bits per heavy atom. The fraction of sp³-hybridized carbons (Fsp3) is 0.211. The van der Waals surface area contributed by atoms with Gasteiger partial charge in [0, 0.05) is 54.0 Å². The average Bonchev–Trinajstić information content (AvgIpc) is 3.25. The first kappa shape index (κ1) is 16.1. The monoisotopic (exact) mass is 382 g/mol. The van der Waals surface area contributed by atoms with Gasteiger partial charge in [-0.2, -0.15) is 5.10 Å². The van der Waals surface area contributed by atoms with Crippen molar-refractivity contribution in [1.82, 2.24) is 14.8 Å². The van der Waals surface area contributed by atoms with E-state index in [4.69, 9.17) is 21.1 Å². The van der Waals surface area contributed by atoms with E-state index >= 15 is 0 Å². The molecule has 1 N–H and O–H groups in total. The molecule has 1 atom stereocenters. The number of rotatable bonds is 2. The topological polar surface area (TPSA) is 78.3 Å². The van der Waals surface area contributed by atoms with E-state index in [-0.39, 0.29) is 25.0 Å². The Hall–Kier alpha value is -3.06. The molecule has 0 fully saturated rings. The number of carbonyl (C=O) groups excluding carboxylic acids is 1. The van der Waals surface area contributed by atoms with Crippen molar-refractivity contribution in [3.63, 3.8) is 0 Å². The highest BCUT2D eigenvalue weighted by molar-refractivity contribution is 6.31. The van der Waals surface area contributed by atoms with E-state index in [1.165, 1.54) is 0 Å². The number of amides is 1. The fourth-order valence-corrected chi connectivity index (χ4v) is 3.96. The summed E-state index contributed by atoms with van der Waals surface area (Å²) in [6.07, 6.45) is 3.75. The third-order valence-electron chi connectivity index (χ3n) is 4.88. The molecule has 136 valence electrons. The van der Waals surface area contributed by atoms with Gasteiger partial charge in [-0.25, -0.2) is 0 Å². The summed E-state index contributed by atoms with van der Waals surface area (Å²) in [5, 5.41) is 8.10. The molecule has 2 aliphatic rings. The summed E-state index contributed by atoms with van der Waals surface area (Å²) < 4.78 is 12.6. The van der Waals surface area contributed by atoms with Crippen LogP contribution in [-0.4, -0.2) is 27.5 Å². The van der Waals surface area contributed by atoms with E-state index in [1.54, 1.807) is 23.1 Å². The van der Waals surface area contributed by atoms with Gasteiger partial charge in [-0.3, -0.25) is 14.5 Å². The first-order valence-corrected chi connectivity index (χ1v) is 8.86. The van der Waals surface area contributed by atoms with Gasteiger partial charge in [-0.15, -0.1) is 0 Å². The summed E-state index contributed by atoms with van der Waals surface area (Å²) in [6, 6.07) is 7.41. The summed E-state index contributed by atoms with van der Waals surface area (Å²) in [4.78, 5) is 16.6. The van der Waals surface area contributed by atoms with E-state index < -0.39 is 0 Å². The maximum absolute atomic E-state index is 12.4. The Bertz CT molecular complexity index is 1060. The zero-order valence-corrected chi connectivity index (χ0v) is 15.2. The van der Waals surface area contributed by atoms with E-state index in [2.05, 4.69) is 15.4 Å². The lowest BCUT2D eigenvalue weighted by atomic mass is 9.84. The van der Waals surface area contributed by atoms with Gasteiger partial charge in [0.2, 0.25) is 12.7 Å². The quantitative estimate of drug-likeness (QED) is 0.735. The van der Waals surface area contributed by atoms with Gasteiger partial charge in [0.25, 0.3) is 0 Å². The number of pyridine rings is 1. The highest BCUT2D eigenvalue weighted by Crippen LogP contribution is 2.47. The van der Waals surface area contributed by atoms with Crippen LogP contribution in [0.4, 0.5) is 5.82 Å². The molecule has 0 aliphatic carbocycles. The van der Waals surface area contributed by atoms with Crippen LogP contribution in [0, 0.1) is 0 Å². The minimum absolute atomic E-state index is 0.0815. The molecule has 4 heterocycles. The molecule has 3 aromatic rings. The maximum Gasteiger partial charge on any atom is 0.231 e. The van der Waals surface area contributed by atoms with Crippen LogP contribution < -0.4 is 14.8 Å². The van der Waals surface area contributed by atoms with Gasteiger partial charge in [0.15, 0.2) is 11.5 Å². The van der Waals surface area contributed by atoms with Crippen LogP contribution in [0.5, 0.6) is 11.5 Å². The van der Waals surface area contributed by atoms with Crippen molar-refractivity contribution in [2.75, 3.05) is 12.1 Å². The second-order valence-corrected chi connectivity index (χ2v) is 6.92. The lowest BCUT2D eigenvalue weighted by molar-refractivity contribution is -0.116. The molecule has 27 heavy (non-hydrogen) atoms. The van der Waals surface area contributed by atoms with Crippen molar-refractivity contribution >= 4 is 23.3 Å². The third kappa shape index (κ3) is 2.54. The number of halogens is 1. The predicted octanol–water partition coefficient (Wildman–Crippen LogP) is 3.34. The average molecular weight is 383 g/mol. The molecule has 1 amide bonds. The van der Waals surface area contributed by atoms with Gasteiger partial charge in [0.1, 0.15) is 5.82 Å². The van der Waals surface area contributed by atoms with Crippen molar-refractivity contribution in [2.45, 2.75) is 12.3 Å². The standard InChI is InChI=1S/C19H15ClN4O3/c1-24-19-17(18(23-24)10-3-2-4-21-8-10)12(6-16(25)22-19)11-5-14-15(7-13(11)20)27-9-26-14/h2-5,7-8,12H,6,9H2,1H3,(H,22,25). The second kappa shape index (κ2) is 5.99. The fourth-order valence-electron chi connectivity index (χ4n) is 3.67. The van der Waals surface area contributed by atoms with Gasteiger partial charge < -0.3 is 14.8 Å². The molecule has 1 aromatic carbocycles. The molecule has 2 aromatic heterocycles. The summed E-state index contributed by atoms with van der Waals surface area (Å²) in [7, 11) is 1.81. The zero-order chi connectivity index (χ0) is 18.5. The van der Waals surface area contributed by atoms with Crippen LogP contribution in [0.3, 0.4) is 0 Å². The first-order valence-electron chi connectivity index (χ1n) is 8.48. The van der Waals surface area contributed by atoms with Crippen LogP contribution in [0.1, 0.15) is 23.5 Å². The number of ether oxygens (including phenoxy) is 2. The van der Waals surface area contributed by atoms with Crippen molar-refractivity contribution in [2.24, 2.45) is 7.05 Å². The van der Waals surface area contributed by atoms with Crippen LogP contribution in [-0.2, 0) is 11.8 Å². The van der Waals surface area contributed by atoms with Crippen molar-refractivity contribution in [3.05, 3.63) is 52.8 Å². The van der Waals surface area contributed by atoms with Crippen molar-refractivity contribution in [3.8, 4) is 22.8 Å². The lowest BCUT2D eigenvalue weighted by Gasteiger charge is -2.25. The molecule has 0 bridgehead atoms. The molecular formula is C19H15ClN4O3. The maximum atomic E-state index is 12.4. The normalized spacial score (nSPS) is 17.6. The molecule has 0 radical (unpaired) electrons. The van der Waals surface area contributed by atoms with Crippen molar-refractivity contribution < 1.29 is 14.3 Å². The largest absolute Gasteiger partial charge is 0.454 e. The number of anilines is 1. The molecular weight excluding hydrogens is 368 g/mol. The van der Waals surface area contributed by atoms with Crippen LogP contribution in [0.15, 0.2) is 36.7 Å². The summed E-state index contributed by atoms with van der Waals surface area (Å²) in [6.45, 7) is 0.166. The number of hydrogen-bond acceptors (Lipinski definition) is 5. The smallest absolute Gasteiger partial charge is 0.231 e.